The van der Waals surface area contributed by atoms with E-state index in [1.54, 1.807) is 17.0 Å². The SMILES string of the molecule is CS(=O)(=O)NCc1csc2c1S(=O)(=O)N=C(C1C(=O)[C@@H]3C4C5C6C7C4C7C(C65)[C@@H]3N(Cc3ccc(F)cc3)C1=O)N2. The smallest absolute Gasteiger partial charge is 0.287 e. The summed E-state index contributed by atoms with van der Waals surface area (Å²) in [5, 5.41) is 4.70. The fourth-order valence-corrected chi connectivity index (χ4v) is 13.0. The molecular formula is C27H25FN4O6S3. The topological polar surface area (TPSA) is 142 Å². The summed E-state index contributed by atoms with van der Waals surface area (Å²) in [6.07, 6.45) is 0.979. The number of thiophene rings is 1. The van der Waals surface area contributed by atoms with Gasteiger partial charge in [-0.3, -0.25) is 9.59 Å². The monoisotopic (exact) mass is 616 g/mol. The first-order valence-electron chi connectivity index (χ1n) is 13.7. The van der Waals surface area contributed by atoms with Crippen LogP contribution in [0.15, 0.2) is 38.9 Å². The fourth-order valence-electron chi connectivity index (χ4n) is 9.89. The molecular weight excluding hydrogens is 592 g/mol. The van der Waals surface area contributed by atoms with Gasteiger partial charge < -0.3 is 10.2 Å². The first-order chi connectivity index (χ1) is 19.5. The van der Waals surface area contributed by atoms with Crippen LogP contribution in [0.3, 0.4) is 0 Å². The third-order valence-electron chi connectivity index (χ3n) is 10.9. The molecule has 7 fully saturated rings. The number of hydrogen-bond acceptors (Lipinski definition) is 8. The Morgan fingerprint density at radius 2 is 1.66 bits per heavy atom. The lowest BCUT2D eigenvalue weighted by atomic mass is 9.57. The highest BCUT2D eigenvalue weighted by molar-refractivity contribution is 7.91. The Bertz CT molecular complexity index is 1820. The molecule has 2 bridgehead atoms. The third-order valence-corrected chi connectivity index (χ3v) is 14.0. The van der Waals surface area contributed by atoms with Crippen LogP contribution in [0.4, 0.5) is 9.39 Å². The second kappa shape index (κ2) is 7.63. The van der Waals surface area contributed by atoms with E-state index in [4.69, 9.17) is 0 Å². The molecule has 2 aromatic rings. The van der Waals surface area contributed by atoms with Gasteiger partial charge in [0.05, 0.1) is 6.26 Å². The van der Waals surface area contributed by atoms with Crippen molar-refractivity contribution in [2.75, 3.05) is 11.6 Å². The molecule has 3 heterocycles. The van der Waals surface area contributed by atoms with E-state index in [-0.39, 0.29) is 63.9 Å². The lowest BCUT2D eigenvalue weighted by Crippen LogP contribution is -2.67. The Labute approximate surface area is 239 Å². The summed E-state index contributed by atoms with van der Waals surface area (Å²) < 4.78 is 69.9. The molecule has 1 aromatic heterocycles. The summed E-state index contributed by atoms with van der Waals surface area (Å²) in [6, 6.07) is 5.75. The molecule has 2 aliphatic heterocycles. The van der Waals surface area contributed by atoms with E-state index in [0.717, 1.165) is 23.2 Å². The van der Waals surface area contributed by atoms with Crippen LogP contribution in [0.1, 0.15) is 11.1 Å². The van der Waals surface area contributed by atoms with Gasteiger partial charge in [0.25, 0.3) is 10.0 Å². The number of piperidine rings is 1. The van der Waals surface area contributed by atoms with Crippen LogP contribution in [0, 0.1) is 65.0 Å². The van der Waals surface area contributed by atoms with Crippen LogP contribution in [-0.4, -0.2) is 51.6 Å². The molecule has 6 saturated carbocycles. The van der Waals surface area contributed by atoms with Gasteiger partial charge in [-0.2, -0.15) is 8.42 Å². The summed E-state index contributed by atoms with van der Waals surface area (Å²) in [6.45, 7) is -0.0214. The van der Waals surface area contributed by atoms with E-state index in [2.05, 4.69) is 14.4 Å². The van der Waals surface area contributed by atoms with E-state index >= 15 is 0 Å². The number of nitrogens with zero attached hydrogens (tertiary/aromatic N) is 2. The zero-order chi connectivity index (χ0) is 28.3. The largest absolute Gasteiger partial charge is 0.333 e. The molecule has 1 saturated heterocycles. The van der Waals surface area contributed by atoms with Gasteiger partial charge in [0, 0.05) is 30.6 Å². The third kappa shape index (κ3) is 3.16. The molecule has 0 spiro atoms. The number of ketones is 1. The van der Waals surface area contributed by atoms with Crippen molar-refractivity contribution in [1.82, 2.24) is 9.62 Å². The molecule has 214 valence electrons. The number of amides is 1. The predicted molar refractivity (Wildman–Crippen MR) is 145 cm³/mol. The quantitative estimate of drug-likeness (QED) is 0.470. The number of carbonyl (C=O) groups is 2. The van der Waals surface area contributed by atoms with Gasteiger partial charge >= 0.3 is 0 Å². The van der Waals surface area contributed by atoms with Crippen LogP contribution >= 0.6 is 11.3 Å². The Hall–Kier alpha value is -2.68. The molecule has 41 heavy (non-hydrogen) atoms. The second-order valence-electron chi connectivity index (χ2n) is 12.7. The minimum absolute atomic E-state index is 0.152. The zero-order valence-corrected chi connectivity index (χ0v) is 24.0. The van der Waals surface area contributed by atoms with Gasteiger partial charge in [0.1, 0.15) is 21.5 Å². The van der Waals surface area contributed by atoms with Crippen LogP contribution in [0.25, 0.3) is 0 Å². The summed E-state index contributed by atoms with van der Waals surface area (Å²) in [5.74, 6) is 1.01. The zero-order valence-electron chi connectivity index (χ0n) is 21.6. The lowest BCUT2D eigenvalue weighted by Gasteiger charge is -2.55. The maximum atomic E-state index is 14.3. The minimum atomic E-state index is -4.33. The standard InChI is InChI=1S/C27H25FN4O6S3/c1-40(35,36)29-6-10-8-39-26-24(10)41(37,38)31-25(30-26)21-23(33)20-18-14-12-13-15(18)17(13)19(16(12)14)22(20)32(27(21)34)7-9-2-4-11(28)5-3-9/h2-5,8,12-22,29H,6-7H2,1H3,(H,30,31)/t12?,13?,14?,15?,16?,17?,18?,19?,20-,21?,22+/m1/s1. The number of carbonyl (C=O) groups excluding carboxylic acids is 2. The van der Waals surface area contributed by atoms with Crippen molar-refractivity contribution >= 4 is 53.9 Å². The van der Waals surface area contributed by atoms with Gasteiger partial charge in [-0.25, -0.2) is 17.5 Å². The van der Waals surface area contributed by atoms with Crippen molar-refractivity contribution in [3.05, 3.63) is 46.6 Å². The molecule has 8 aliphatic rings. The number of rotatable bonds is 6. The molecule has 9 atom stereocenters. The highest BCUT2D eigenvalue weighted by atomic mass is 32.2. The van der Waals surface area contributed by atoms with E-state index in [9.17, 15) is 30.8 Å². The number of Topliss-reactive ketones (excluding diaryl/α,β-unsaturated/α-hetero) is 1. The summed E-state index contributed by atoms with van der Waals surface area (Å²) in [7, 11) is -7.90. The van der Waals surface area contributed by atoms with E-state index in [1.807, 2.05) is 0 Å². The maximum Gasteiger partial charge on any atom is 0.287 e. The van der Waals surface area contributed by atoms with E-state index < -0.39 is 31.9 Å². The first-order valence-corrected chi connectivity index (χ1v) is 17.9. The van der Waals surface area contributed by atoms with Gasteiger partial charge in [-0.15, -0.1) is 15.7 Å². The van der Waals surface area contributed by atoms with Crippen LogP contribution < -0.4 is 10.0 Å². The molecule has 14 heteroatoms. The highest BCUT2D eigenvalue weighted by Gasteiger charge is 2.92. The number of hydrogen-bond donors (Lipinski definition) is 2. The first kappa shape index (κ1) is 24.9. The van der Waals surface area contributed by atoms with E-state index in [1.165, 1.54) is 17.5 Å². The molecule has 6 aliphatic carbocycles. The lowest BCUT2D eigenvalue weighted by molar-refractivity contribution is -0.163. The maximum absolute atomic E-state index is 14.3. The predicted octanol–water partition coefficient (Wildman–Crippen LogP) is 1.66. The Kier molecular flexibility index (Phi) is 4.63. The number of fused-ring (bicyclic) bond motifs is 1. The average molecular weight is 617 g/mol. The molecule has 1 amide bonds. The van der Waals surface area contributed by atoms with Crippen molar-refractivity contribution in [1.29, 1.82) is 0 Å². The van der Waals surface area contributed by atoms with Gasteiger partial charge in [-0.05, 0) is 70.4 Å². The van der Waals surface area contributed by atoms with Crippen LogP contribution in [0.2, 0.25) is 0 Å². The number of sulfonamides is 2. The molecule has 10 nitrogen and oxygen atoms in total. The number of halogens is 1. The highest BCUT2D eigenvalue weighted by Crippen LogP contribution is 2.93. The van der Waals surface area contributed by atoms with Crippen molar-refractivity contribution in [3.8, 4) is 0 Å². The number of amidine groups is 1. The second-order valence-corrected chi connectivity index (χ2v) is 16.9. The molecule has 2 N–H and O–H groups in total. The Morgan fingerprint density at radius 3 is 2.32 bits per heavy atom. The number of benzene rings is 1. The Balaban J connectivity index is 1.10. The molecule has 0 radical (unpaired) electrons. The summed E-state index contributed by atoms with van der Waals surface area (Å²) in [5.41, 5.74) is 0.979. The van der Waals surface area contributed by atoms with Crippen molar-refractivity contribution in [3.63, 3.8) is 0 Å². The fraction of sp³-hybridized carbons (Fsp3) is 0.519. The Morgan fingerprint density at radius 1 is 1.02 bits per heavy atom. The minimum Gasteiger partial charge on any atom is -0.333 e. The van der Waals surface area contributed by atoms with Crippen molar-refractivity contribution < 1.29 is 30.8 Å². The van der Waals surface area contributed by atoms with Crippen molar-refractivity contribution in [2.24, 2.45) is 63.6 Å². The normalized spacial score (nSPS) is 41.5. The van der Waals surface area contributed by atoms with Gasteiger partial charge in [0.15, 0.2) is 11.7 Å². The van der Waals surface area contributed by atoms with E-state index in [0.29, 0.717) is 41.4 Å². The molecule has 7 unspecified atom stereocenters. The van der Waals surface area contributed by atoms with Gasteiger partial charge in [-0.1, -0.05) is 12.1 Å². The number of likely N-dealkylation sites (tertiary alicyclic amines) is 1. The average Bonchev–Trinajstić information content (AvgIpc) is 3.68. The van der Waals surface area contributed by atoms with Crippen LogP contribution in [-0.2, 0) is 42.7 Å². The molecule has 10 rings (SSSR count). The van der Waals surface area contributed by atoms with Crippen LogP contribution in [0.5, 0.6) is 0 Å². The van der Waals surface area contributed by atoms with Crippen molar-refractivity contribution in [2.45, 2.75) is 24.0 Å². The summed E-state index contributed by atoms with van der Waals surface area (Å²) >= 11 is 1.05. The number of nitrogens with one attached hydrogen (secondary N) is 2. The molecule has 1 aromatic carbocycles. The summed E-state index contributed by atoms with van der Waals surface area (Å²) in [4.78, 5) is 30.2. The number of anilines is 1. The van der Waals surface area contributed by atoms with Gasteiger partial charge in [0.2, 0.25) is 15.9 Å².